The van der Waals surface area contributed by atoms with E-state index < -0.39 is 16.0 Å². The number of ether oxygens (including phenoxy) is 1. The fourth-order valence-electron chi connectivity index (χ4n) is 2.70. The molecule has 0 aliphatic carbocycles. The van der Waals surface area contributed by atoms with Crippen molar-refractivity contribution in [1.82, 2.24) is 0 Å². The Hall–Kier alpha value is -3.32. The van der Waals surface area contributed by atoms with Crippen LogP contribution in [0.1, 0.15) is 5.56 Å². The summed E-state index contributed by atoms with van der Waals surface area (Å²) in [7, 11) is -2.77. The summed E-state index contributed by atoms with van der Waals surface area (Å²) in [5.41, 5.74) is 0.703. The molecular formula is C23H16BrClN2O5S. The highest BCUT2D eigenvalue weighted by Crippen LogP contribution is 2.39. The number of benzene rings is 3. The van der Waals surface area contributed by atoms with E-state index in [0.717, 1.165) is 0 Å². The third-order valence-electron chi connectivity index (χ3n) is 4.25. The molecule has 0 unspecified atom stereocenters. The molecule has 0 radical (unpaired) electrons. The SMILES string of the molecule is COc1cc(/C=C(\C#N)C(=O)Nc2ccc(Cl)cc2)cc(Br)c1OS(=O)(=O)c1ccccc1. The van der Waals surface area contributed by atoms with Gasteiger partial charge in [0.2, 0.25) is 0 Å². The van der Waals surface area contributed by atoms with Crippen LogP contribution >= 0.6 is 27.5 Å². The lowest BCUT2D eigenvalue weighted by Crippen LogP contribution is -2.13. The van der Waals surface area contributed by atoms with Crippen molar-refractivity contribution >= 4 is 55.3 Å². The van der Waals surface area contributed by atoms with Gasteiger partial charge in [-0.3, -0.25) is 4.79 Å². The number of carbonyl (C=O) groups excluding carboxylic acids is 1. The smallest absolute Gasteiger partial charge is 0.339 e. The van der Waals surface area contributed by atoms with Crippen LogP contribution in [0.3, 0.4) is 0 Å². The normalized spacial score (nSPS) is 11.4. The van der Waals surface area contributed by atoms with Crippen molar-refractivity contribution in [2.75, 3.05) is 12.4 Å². The predicted molar refractivity (Wildman–Crippen MR) is 129 cm³/mol. The predicted octanol–water partition coefficient (Wildman–Crippen LogP) is 5.42. The second kappa shape index (κ2) is 10.5. The molecule has 0 atom stereocenters. The van der Waals surface area contributed by atoms with Gasteiger partial charge in [0.15, 0.2) is 11.5 Å². The molecule has 1 amide bonds. The first-order valence-corrected chi connectivity index (χ1v) is 11.9. The Kier molecular flexibility index (Phi) is 7.76. The summed E-state index contributed by atoms with van der Waals surface area (Å²) in [4.78, 5) is 12.5. The third-order valence-corrected chi connectivity index (χ3v) is 6.33. The second-order valence-corrected chi connectivity index (χ2v) is 9.35. The summed E-state index contributed by atoms with van der Waals surface area (Å²) >= 11 is 9.11. The number of hydrogen-bond donors (Lipinski definition) is 1. The number of carbonyl (C=O) groups is 1. The molecule has 0 saturated heterocycles. The molecule has 0 aliphatic rings. The van der Waals surface area contributed by atoms with E-state index in [1.54, 1.807) is 42.5 Å². The van der Waals surface area contributed by atoms with Crippen molar-refractivity contribution < 1.29 is 22.1 Å². The molecule has 168 valence electrons. The highest BCUT2D eigenvalue weighted by atomic mass is 79.9. The van der Waals surface area contributed by atoms with Gasteiger partial charge in [-0.15, -0.1) is 0 Å². The number of nitrogens with one attached hydrogen (secondary N) is 1. The maximum atomic E-state index is 12.6. The van der Waals surface area contributed by atoms with E-state index in [9.17, 15) is 18.5 Å². The van der Waals surface area contributed by atoms with E-state index in [0.29, 0.717) is 16.3 Å². The van der Waals surface area contributed by atoms with Gasteiger partial charge in [0.05, 0.1) is 11.6 Å². The molecule has 3 rings (SSSR count). The maximum absolute atomic E-state index is 12.6. The zero-order valence-corrected chi connectivity index (χ0v) is 20.2. The Balaban J connectivity index is 1.90. The van der Waals surface area contributed by atoms with E-state index in [1.807, 2.05) is 6.07 Å². The molecule has 0 spiro atoms. The molecule has 10 heteroatoms. The van der Waals surface area contributed by atoms with Gasteiger partial charge in [0.25, 0.3) is 5.91 Å². The van der Waals surface area contributed by atoms with Crippen LogP contribution in [0.4, 0.5) is 5.69 Å². The molecule has 1 N–H and O–H groups in total. The first kappa shape index (κ1) is 24.3. The zero-order valence-electron chi connectivity index (χ0n) is 17.1. The van der Waals surface area contributed by atoms with Gasteiger partial charge in [0.1, 0.15) is 16.5 Å². The van der Waals surface area contributed by atoms with Gasteiger partial charge in [-0.05, 0) is 76.1 Å². The number of amides is 1. The summed E-state index contributed by atoms with van der Waals surface area (Å²) in [6.07, 6.45) is 1.34. The zero-order chi connectivity index (χ0) is 24.0. The summed E-state index contributed by atoms with van der Waals surface area (Å²) in [5, 5.41) is 12.6. The molecule has 3 aromatic carbocycles. The summed E-state index contributed by atoms with van der Waals surface area (Å²) in [6, 6.07) is 18.9. The maximum Gasteiger partial charge on any atom is 0.339 e. The van der Waals surface area contributed by atoms with Gasteiger partial charge in [-0.2, -0.15) is 13.7 Å². The minimum Gasteiger partial charge on any atom is -0.493 e. The van der Waals surface area contributed by atoms with Crippen LogP contribution in [0.25, 0.3) is 6.08 Å². The monoisotopic (exact) mass is 546 g/mol. The minimum atomic E-state index is -4.11. The van der Waals surface area contributed by atoms with E-state index in [1.165, 1.54) is 37.5 Å². The van der Waals surface area contributed by atoms with Crippen molar-refractivity contribution in [3.63, 3.8) is 0 Å². The van der Waals surface area contributed by atoms with Crippen LogP contribution in [0.5, 0.6) is 11.5 Å². The van der Waals surface area contributed by atoms with E-state index in [4.69, 9.17) is 20.5 Å². The van der Waals surface area contributed by atoms with Crippen LogP contribution in [0.2, 0.25) is 5.02 Å². The summed E-state index contributed by atoms with van der Waals surface area (Å²) < 4.78 is 36.0. The van der Waals surface area contributed by atoms with Gasteiger partial charge < -0.3 is 14.2 Å². The number of rotatable bonds is 7. The highest BCUT2D eigenvalue weighted by molar-refractivity contribution is 9.10. The molecule has 0 aliphatic heterocycles. The topological polar surface area (TPSA) is 105 Å². The minimum absolute atomic E-state index is 0.0198. The molecule has 0 fully saturated rings. The lowest BCUT2D eigenvalue weighted by atomic mass is 10.1. The lowest BCUT2D eigenvalue weighted by Gasteiger charge is -2.13. The standard InChI is InChI=1S/C23H16BrClN2O5S/c1-31-21-13-15(11-16(14-26)23(28)27-18-9-7-17(25)8-10-18)12-20(24)22(21)32-33(29,30)19-5-3-2-4-6-19/h2-13H,1H3,(H,27,28)/b16-11+. The molecule has 33 heavy (non-hydrogen) atoms. The van der Waals surface area contributed by atoms with Gasteiger partial charge in [-0.25, -0.2) is 0 Å². The molecule has 0 saturated carbocycles. The molecular weight excluding hydrogens is 532 g/mol. The van der Waals surface area contributed by atoms with Gasteiger partial charge in [0, 0.05) is 10.7 Å². The van der Waals surface area contributed by atoms with Crippen molar-refractivity contribution in [3.8, 4) is 17.6 Å². The fourth-order valence-corrected chi connectivity index (χ4v) is 4.45. The molecule has 0 aromatic heterocycles. The Bertz CT molecular complexity index is 1350. The van der Waals surface area contributed by atoms with Crippen molar-refractivity contribution in [1.29, 1.82) is 5.26 Å². The summed E-state index contributed by atoms with van der Waals surface area (Å²) in [6.45, 7) is 0. The molecule has 7 nitrogen and oxygen atoms in total. The first-order valence-electron chi connectivity index (χ1n) is 9.29. The number of nitrogens with zero attached hydrogens (tertiary/aromatic N) is 1. The average molecular weight is 548 g/mol. The van der Waals surface area contributed by atoms with Crippen LogP contribution in [0.15, 0.2) is 81.7 Å². The number of hydrogen-bond acceptors (Lipinski definition) is 6. The average Bonchev–Trinajstić information content (AvgIpc) is 2.80. The second-order valence-electron chi connectivity index (χ2n) is 6.52. The van der Waals surface area contributed by atoms with Crippen molar-refractivity contribution in [2.24, 2.45) is 0 Å². The number of methoxy groups -OCH3 is 1. The number of nitriles is 1. The molecule has 3 aromatic rings. The lowest BCUT2D eigenvalue weighted by molar-refractivity contribution is -0.112. The fraction of sp³-hybridized carbons (Fsp3) is 0.0435. The Morgan fingerprint density at radius 1 is 1.12 bits per heavy atom. The Labute approximate surface area is 204 Å². The number of halogens is 2. The quantitative estimate of drug-likeness (QED) is 0.240. The van der Waals surface area contributed by atoms with Crippen molar-refractivity contribution in [3.05, 3.63) is 87.4 Å². The Morgan fingerprint density at radius 2 is 1.79 bits per heavy atom. The molecule has 0 heterocycles. The van der Waals surface area contributed by atoms with Crippen LogP contribution in [-0.4, -0.2) is 21.4 Å². The first-order chi connectivity index (χ1) is 15.7. The largest absolute Gasteiger partial charge is 0.493 e. The Morgan fingerprint density at radius 3 is 2.39 bits per heavy atom. The van der Waals surface area contributed by atoms with Gasteiger partial charge in [-0.1, -0.05) is 29.8 Å². The van der Waals surface area contributed by atoms with E-state index >= 15 is 0 Å². The third kappa shape index (κ3) is 6.14. The van der Waals surface area contributed by atoms with E-state index in [-0.39, 0.29) is 26.4 Å². The van der Waals surface area contributed by atoms with E-state index in [2.05, 4.69) is 21.2 Å². The highest BCUT2D eigenvalue weighted by Gasteiger charge is 2.22. The van der Waals surface area contributed by atoms with Gasteiger partial charge >= 0.3 is 10.1 Å². The molecule has 0 bridgehead atoms. The summed E-state index contributed by atoms with van der Waals surface area (Å²) in [5.74, 6) is -0.602. The van der Waals surface area contributed by atoms with Crippen LogP contribution in [0, 0.1) is 11.3 Å². The number of anilines is 1. The van der Waals surface area contributed by atoms with Crippen molar-refractivity contribution in [2.45, 2.75) is 4.90 Å². The van der Waals surface area contributed by atoms with Crippen LogP contribution < -0.4 is 14.2 Å². The van der Waals surface area contributed by atoms with Crippen LogP contribution in [-0.2, 0) is 14.9 Å².